The van der Waals surface area contributed by atoms with Crippen LogP contribution < -0.4 is 5.32 Å². The van der Waals surface area contributed by atoms with Crippen molar-refractivity contribution in [1.82, 2.24) is 5.32 Å². The average Bonchev–Trinajstić information content (AvgIpc) is 2.44. The van der Waals surface area contributed by atoms with E-state index in [4.69, 9.17) is 11.6 Å². The van der Waals surface area contributed by atoms with Gasteiger partial charge in [0.25, 0.3) is 5.91 Å². The Labute approximate surface area is 125 Å². The van der Waals surface area contributed by atoms with E-state index < -0.39 is 0 Å². The van der Waals surface area contributed by atoms with Crippen LogP contribution in [-0.4, -0.2) is 22.4 Å². The topological polar surface area (TPSA) is 49.3 Å². The number of alkyl halides is 1. The zero-order valence-corrected chi connectivity index (χ0v) is 12.8. The summed E-state index contributed by atoms with van der Waals surface area (Å²) in [5.41, 5.74) is 0.995. The summed E-state index contributed by atoms with van der Waals surface area (Å²) in [4.78, 5) is 12.4. The smallest absolute Gasteiger partial charge is 0.251 e. The summed E-state index contributed by atoms with van der Waals surface area (Å²) in [5.74, 6) is 1.25. The van der Waals surface area contributed by atoms with Crippen LogP contribution in [0.5, 0.6) is 5.75 Å². The van der Waals surface area contributed by atoms with Crippen molar-refractivity contribution in [2.45, 2.75) is 45.1 Å². The third kappa shape index (κ3) is 3.26. The van der Waals surface area contributed by atoms with E-state index in [0.29, 0.717) is 22.9 Å². The van der Waals surface area contributed by atoms with Gasteiger partial charge >= 0.3 is 0 Å². The fourth-order valence-corrected chi connectivity index (χ4v) is 3.05. The molecule has 1 aliphatic rings. The van der Waals surface area contributed by atoms with E-state index in [0.717, 1.165) is 25.7 Å². The van der Waals surface area contributed by atoms with E-state index in [2.05, 4.69) is 12.2 Å². The zero-order chi connectivity index (χ0) is 14.8. The van der Waals surface area contributed by atoms with Gasteiger partial charge in [0.05, 0.1) is 5.54 Å². The zero-order valence-electron chi connectivity index (χ0n) is 12.1. The summed E-state index contributed by atoms with van der Waals surface area (Å²) >= 11 is 6.12. The number of halogens is 1. The standard InChI is InChI=1S/C16H22ClNO2/c1-11-5-7-16(10-17,8-6-11)18-15(20)13-3-4-14(19)12(2)9-13/h3-4,9,11,19H,5-8,10H2,1-2H3,(H,18,20). The van der Waals surface area contributed by atoms with Crippen LogP contribution in [0.4, 0.5) is 0 Å². The van der Waals surface area contributed by atoms with Gasteiger partial charge in [-0.1, -0.05) is 6.92 Å². The lowest BCUT2D eigenvalue weighted by atomic mass is 9.78. The van der Waals surface area contributed by atoms with E-state index in [-0.39, 0.29) is 17.2 Å². The Morgan fingerprint density at radius 2 is 2.10 bits per heavy atom. The number of amides is 1. The van der Waals surface area contributed by atoms with E-state index in [1.807, 2.05) is 0 Å². The number of rotatable bonds is 3. The molecule has 0 bridgehead atoms. The van der Waals surface area contributed by atoms with Crippen LogP contribution in [-0.2, 0) is 0 Å². The Balaban J connectivity index is 2.11. The Kier molecular flexibility index (Phi) is 4.59. The second kappa shape index (κ2) is 6.04. The number of hydrogen-bond acceptors (Lipinski definition) is 2. The molecular formula is C16H22ClNO2. The highest BCUT2D eigenvalue weighted by molar-refractivity contribution is 6.19. The summed E-state index contributed by atoms with van der Waals surface area (Å²) in [7, 11) is 0. The number of aromatic hydroxyl groups is 1. The van der Waals surface area contributed by atoms with Crippen LogP contribution in [0.3, 0.4) is 0 Å². The van der Waals surface area contributed by atoms with Gasteiger partial charge in [-0.25, -0.2) is 0 Å². The number of carbonyl (C=O) groups excluding carboxylic acids is 1. The molecule has 1 amide bonds. The second-order valence-corrected chi connectivity index (χ2v) is 6.32. The maximum absolute atomic E-state index is 12.4. The monoisotopic (exact) mass is 295 g/mol. The molecule has 0 heterocycles. The van der Waals surface area contributed by atoms with Crippen molar-refractivity contribution in [1.29, 1.82) is 0 Å². The first-order chi connectivity index (χ1) is 9.46. The van der Waals surface area contributed by atoms with Crippen LogP contribution in [0.15, 0.2) is 18.2 Å². The number of hydrogen-bond donors (Lipinski definition) is 2. The quantitative estimate of drug-likeness (QED) is 0.837. The van der Waals surface area contributed by atoms with Gasteiger partial charge in [-0.15, -0.1) is 11.6 Å². The molecular weight excluding hydrogens is 274 g/mol. The predicted octanol–water partition coefficient (Wildman–Crippen LogP) is 3.62. The molecule has 1 aromatic rings. The Bertz CT molecular complexity index is 493. The number of aryl methyl sites for hydroxylation is 1. The fraction of sp³-hybridized carbons (Fsp3) is 0.562. The molecule has 1 aromatic carbocycles. The molecule has 0 atom stereocenters. The van der Waals surface area contributed by atoms with E-state index >= 15 is 0 Å². The number of benzene rings is 1. The maximum Gasteiger partial charge on any atom is 0.251 e. The maximum atomic E-state index is 12.4. The van der Waals surface area contributed by atoms with Crippen molar-refractivity contribution in [2.24, 2.45) is 5.92 Å². The van der Waals surface area contributed by atoms with Crippen molar-refractivity contribution < 1.29 is 9.90 Å². The molecule has 0 radical (unpaired) electrons. The molecule has 1 fully saturated rings. The summed E-state index contributed by atoms with van der Waals surface area (Å²) in [6.07, 6.45) is 4.06. The molecule has 3 nitrogen and oxygen atoms in total. The van der Waals surface area contributed by atoms with Crippen LogP contribution in [0.1, 0.15) is 48.5 Å². The van der Waals surface area contributed by atoms with Gasteiger partial charge in [-0.2, -0.15) is 0 Å². The lowest BCUT2D eigenvalue weighted by Gasteiger charge is -2.38. The third-order valence-corrected chi connectivity index (χ3v) is 4.84. The first kappa shape index (κ1) is 15.2. The van der Waals surface area contributed by atoms with Gasteiger partial charge in [-0.3, -0.25) is 4.79 Å². The van der Waals surface area contributed by atoms with Crippen LogP contribution in [0, 0.1) is 12.8 Å². The third-order valence-electron chi connectivity index (χ3n) is 4.32. The first-order valence-corrected chi connectivity index (χ1v) is 7.67. The Hall–Kier alpha value is -1.22. The molecule has 0 unspecified atom stereocenters. The molecule has 4 heteroatoms. The Morgan fingerprint density at radius 1 is 1.45 bits per heavy atom. The number of carbonyl (C=O) groups is 1. The minimum absolute atomic E-state index is 0.108. The van der Waals surface area contributed by atoms with Gasteiger partial charge < -0.3 is 10.4 Å². The van der Waals surface area contributed by atoms with Gasteiger partial charge in [0.2, 0.25) is 0 Å². The molecule has 2 N–H and O–H groups in total. The second-order valence-electron chi connectivity index (χ2n) is 6.05. The molecule has 0 spiro atoms. The molecule has 110 valence electrons. The molecule has 1 saturated carbocycles. The van der Waals surface area contributed by atoms with Gasteiger partial charge in [0.15, 0.2) is 0 Å². The van der Waals surface area contributed by atoms with Crippen molar-refractivity contribution >= 4 is 17.5 Å². The molecule has 20 heavy (non-hydrogen) atoms. The van der Waals surface area contributed by atoms with E-state index in [1.54, 1.807) is 25.1 Å². The average molecular weight is 296 g/mol. The van der Waals surface area contributed by atoms with Crippen LogP contribution in [0.25, 0.3) is 0 Å². The molecule has 0 aliphatic heterocycles. The summed E-state index contributed by atoms with van der Waals surface area (Å²) in [6, 6.07) is 4.91. The highest BCUT2D eigenvalue weighted by Gasteiger charge is 2.35. The van der Waals surface area contributed by atoms with Crippen LogP contribution in [0.2, 0.25) is 0 Å². The van der Waals surface area contributed by atoms with Crippen LogP contribution >= 0.6 is 11.6 Å². The van der Waals surface area contributed by atoms with Gasteiger partial charge in [0.1, 0.15) is 5.75 Å². The van der Waals surface area contributed by atoms with Crippen molar-refractivity contribution in [3.8, 4) is 5.75 Å². The van der Waals surface area contributed by atoms with Crippen molar-refractivity contribution in [3.63, 3.8) is 0 Å². The highest BCUT2D eigenvalue weighted by Crippen LogP contribution is 2.33. The normalized spacial score (nSPS) is 26.2. The largest absolute Gasteiger partial charge is 0.508 e. The molecule has 2 rings (SSSR count). The Morgan fingerprint density at radius 3 is 2.65 bits per heavy atom. The van der Waals surface area contributed by atoms with Gasteiger partial charge in [0, 0.05) is 11.4 Å². The minimum Gasteiger partial charge on any atom is -0.508 e. The number of nitrogens with one attached hydrogen (secondary N) is 1. The van der Waals surface area contributed by atoms with E-state index in [9.17, 15) is 9.90 Å². The SMILES string of the molecule is Cc1cc(C(=O)NC2(CCl)CCC(C)CC2)ccc1O. The highest BCUT2D eigenvalue weighted by atomic mass is 35.5. The molecule has 0 saturated heterocycles. The number of phenols is 1. The lowest BCUT2D eigenvalue weighted by molar-refractivity contribution is 0.0872. The van der Waals surface area contributed by atoms with Crippen molar-refractivity contribution in [2.75, 3.05) is 5.88 Å². The van der Waals surface area contributed by atoms with E-state index in [1.165, 1.54) is 0 Å². The summed E-state index contributed by atoms with van der Waals surface area (Å²) in [5, 5.41) is 12.6. The van der Waals surface area contributed by atoms with Gasteiger partial charge in [-0.05, 0) is 62.3 Å². The first-order valence-electron chi connectivity index (χ1n) is 7.14. The number of phenolic OH excluding ortho intramolecular Hbond substituents is 1. The predicted molar refractivity (Wildman–Crippen MR) is 81.4 cm³/mol. The van der Waals surface area contributed by atoms with Crippen molar-refractivity contribution in [3.05, 3.63) is 29.3 Å². The lowest BCUT2D eigenvalue weighted by Crippen LogP contribution is -2.52. The summed E-state index contributed by atoms with van der Waals surface area (Å²) in [6.45, 7) is 4.02. The fourth-order valence-electron chi connectivity index (χ4n) is 2.72. The molecule has 0 aromatic heterocycles. The molecule has 1 aliphatic carbocycles. The minimum atomic E-state index is -0.281. The summed E-state index contributed by atoms with van der Waals surface area (Å²) < 4.78 is 0.